The number of hydrogen-bond donors (Lipinski definition) is 1. The summed E-state index contributed by atoms with van der Waals surface area (Å²) in [6, 6.07) is 1.75. The van der Waals surface area contributed by atoms with Crippen LogP contribution < -0.4 is 4.74 Å². The van der Waals surface area contributed by atoms with Crippen molar-refractivity contribution in [2.45, 2.75) is 6.18 Å². The van der Waals surface area contributed by atoms with Gasteiger partial charge in [-0.15, -0.1) is 0 Å². The lowest BCUT2D eigenvalue weighted by atomic mass is 10.2. The van der Waals surface area contributed by atoms with Crippen LogP contribution in [0.25, 0.3) is 0 Å². The highest BCUT2D eigenvalue weighted by Gasteiger charge is 2.35. The van der Waals surface area contributed by atoms with Crippen LogP contribution in [0.5, 0.6) is 11.5 Å². The molecule has 0 aliphatic rings. The molecule has 14 heavy (non-hydrogen) atoms. The van der Waals surface area contributed by atoms with Gasteiger partial charge in [0.2, 0.25) is 0 Å². The van der Waals surface area contributed by atoms with Crippen molar-refractivity contribution in [1.82, 2.24) is 0 Å². The van der Waals surface area contributed by atoms with Crippen molar-refractivity contribution >= 4 is 15.9 Å². The molecule has 0 bridgehead atoms. The van der Waals surface area contributed by atoms with Gasteiger partial charge in [0.25, 0.3) is 0 Å². The lowest BCUT2D eigenvalue weighted by Gasteiger charge is -2.13. The SMILES string of the molecule is COc1c(Br)cc(O)cc1C(F)(F)F. The van der Waals surface area contributed by atoms with Gasteiger partial charge in [-0.1, -0.05) is 0 Å². The molecular weight excluding hydrogens is 265 g/mol. The molecule has 1 aromatic carbocycles. The van der Waals surface area contributed by atoms with E-state index >= 15 is 0 Å². The summed E-state index contributed by atoms with van der Waals surface area (Å²) >= 11 is 2.87. The third-order valence-electron chi connectivity index (χ3n) is 1.54. The predicted octanol–water partition coefficient (Wildman–Crippen LogP) is 3.18. The van der Waals surface area contributed by atoms with E-state index in [4.69, 9.17) is 5.11 Å². The molecule has 0 fully saturated rings. The number of phenols is 1. The summed E-state index contributed by atoms with van der Waals surface area (Å²) in [6.45, 7) is 0. The average Bonchev–Trinajstić information content (AvgIpc) is 2.01. The number of alkyl halides is 3. The summed E-state index contributed by atoms with van der Waals surface area (Å²) in [5.74, 6) is -0.805. The molecule has 0 aromatic heterocycles. The van der Waals surface area contributed by atoms with Crippen molar-refractivity contribution in [3.05, 3.63) is 22.2 Å². The molecule has 0 aliphatic heterocycles. The number of benzene rings is 1. The van der Waals surface area contributed by atoms with Gasteiger partial charge in [0.15, 0.2) is 0 Å². The van der Waals surface area contributed by atoms with Crippen LogP contribution in [0.3, 0.4) is 0 Å². The fourth-order valence-electron chi connectivity index (χ4n) is 0.997. The van der Waals surface area contributed by atoms with E-state index in [1.165, 1.54) is 0 Å². The maximum Gasteiger partial charge on any atom is 0.420 e. The summed E-state index contributed by atoms with van der Waals surface area (Å²) in [5, 5.41) is 8.99. The lowest BCUT2D eigenvalue weighted by molar-refractivity contribution is -0.138. The number of aromatic hydroxyl groups is 1. The topological polar surface area (TPSA) is 29.5 Å². The number of halogens is 4. The van der Waals surface area contributed by atoms with Gasteiger partial charge in [0.05, 0.1) is 11.6 Å². The summed E-state index contributed by atoms with van der Waals surface area (Å²) in [6.07, 6.45) is -4.55. The Morgan fingerprint density at radius 3 is 2.36 bits per heavy atom. The number of hydrogen-bond acceptors (Lipinski definition) is 2. The van der Waals surface area contributed by atoms with E-state index in [-0.39, 0.29) is 10.2 Å². The van der Waals surface area contributed by atoms with Crippen molar-refractivity contribution in [3.63, 3.8) is 0 Å². The second kappa shape index (κ2) is 3.68. The van der Waals surface area contributed by atoms with Crippen LogP contribution >= 0.6 is 15.9 Å². The molecule has 2 nitrogen and oxygen atoms in total. The third-order valence-corrected chi connectivity index (χ3v) is 2.13. The van der Waals surface area contributed by atoms with Crippen LogP contribution in [-0.2, 0) is 6.18 Å². The first-order valence-corrected chi connectivity index (χ1v) is 4.29. The normalized spacial score (nSPS) is 11.5. The summed E-state index contributed by atoms with van der Waals surface area (Å²) in [7, 11) is 1.13. The first-order chi connectivity index (χ1) is 6.36. The second-order valence-electron chi connectivity index (χ2n) is 2.51. The molecule has 1 N–H and O–H groups in total. The zero-order valence-electron chi connectivity index (χ0n) is 7.02. The van der Waals surface area contributed by atoms with Gasteiger partial charge in [-0.2, -0.15) is 13.2 Å². The van der Waals surface area contributed by atoms with Crippen LogP contribution in [0.1, 0.15) is 5.56 Å². The number of methoxy groups -OCH3 is 1. The van der Waals surface area contributed by atoms with E-state index in [2.05, 4.69) is 20.7 Å². The molecule has 0 radical (unpaired) electrons. The zero-order valence-corrected chi connectivity index (χ0v) is 8.61. The molecule has 0 heterocycles. The van der Waals surface area contributed by atoms with Gasteiger partial charge in [0, 0.05) is 0 Å². The van der Waals surface area contributed by atoms with Crippen LogP contribution in [0.2, 0.25) is 0 Å². The first-order valence-electron chi connectivity index (χ1n) is 3.50. The molecule has 1 aromatic rings. The minimum absolute atomic E-state index is 0.0623. The highest BCUT2D eigenvalue weighted by Crippen LogP contribution is 2.42. The highest BCUT2D eigenvalue weighted by atomic mass is 79.9. The summed E-state index contributed by atoms with van der Waals surface area (Å²) < 4.78 is 41.8. The lowest BCUT2D eigenvalue weighted by Crippen LogP contribution is -2.07. The Hall–Kier alpha value is -0.910. The van der Waals surface area contributed by atoms with E-state index in [1.807, 2.05) is 0 Å². The van der Waals surface area contributed by atoms with Crippen LogP contribution in [0.4, 0.5) is 13.2 Å². The van der Waals surface area contributed by atoms with Gasteiger partial charge in [-0.05, 0) is 28.1 Å². The van der Waals surface area contributed by atoms with E-state index in [1.54, 1.807) is 0 Å². The number of rotatable bonds is 1. The predicted molar refractivity (Wildman–Crippen MR) is 47.4 cm³/mol. The van der Waals surface area contributed by atoms with Gasteiger partial charge < -0.3 is 9.84 Å². The highest BCUT2D eigenvalue weighted by molar-refractivity contribution is 9.10. The standard InChI is InChI=1S/C8H6BrF3O2/c1-14-7-5(8(10,11)12)2-4(13)3-6(7)9/h2-3,13H,1H3. The summed E-state index contributed by atoms with van der Waals surface area (Å²) in [5.41, 5.74) is -1.01. The van der Waals surface area contributed by atoms with Crippen LogP contribution in [-0.4, -0.2) is 12.2 Å². The second-order valence-corrected chi connectivity index (χ2v) is 3.36. The minimum Gasteiger partial charge on any atom is -0.508 e. The minimum atomic E-state index is -4.55. The van der Waals surface area contributed by atoms with Crippen molar-refractivity contribution in [1.29, 1.82) is 0 Å². The Balaban J connectivity index is 3.40. The van der Waals surface area contributed by atoms with Crippen molar-refractivity contribution in [3.8, 4) is 11.5 Å². The molecule has 78 valence electrons. The first kappa shape index (κ1) is 11.2. The Morgan fingerprint density at radius 1 is 1.36 bits per heavy atom. The molecule has 0 spiro atoms. The average molecular weight is 271 g/mol. The van der Waals surface area contributed by atoms with Crippen molar-refractivity contribution in [2.24, 2.45) is 0 Å². The molecule has 0 atom stereocenters. The third kappa shape index (κ3) is 2.12. The Morgan fingerprint density at radius 2 is 1.93 bits per heavy atom. The maximum absolute atomic E-state index is 12.4. The van der Waals surface area contributed by atoms with E-state index < -0.39 is 17.5 Å². The largest absolute Gasteiger partial charge is 0.508 e. The number of phenolic OH excluding ortho intramolecular Hbond substituents is 1. The molecule has 0 aliphatic carbocycles. The van der Waals surface area contributed by atoms with E-state index in [0.717, 1.165) is 13.2 Å². The Kier molecular flexibility index (Phi) is 2.94. The molecule has 0 amide bonds. The van der Waals surface area contributed by atoms with Crippen LogP contribution in [0, 0.1) is 0 Å². The monoisotopic (exact) mass is 270 g/mol. The molecule has 1 rings (SSSR count). The van der Waals surface area contributed by atoms with Gasteiger partial charge >= 0.3 is 6.18 Å². The summed E-state index contributed by atoms with van der Waals surface area (Å²) in [4.78, 5) is 0. The molecule has 0 saturated carbocycles. The van der Waals surface area contributed by atoms with E-state index in [9.17, 15) is 13.2 Å². The molecule has 0 unspecified atom stereocenters. The van der Waals surface area contributed by atoms with Crippen LogP contribution in [0.15, 0.2) is 16.6 Å². The van der Waals surface area contributed by atoms with Crippen molar-refractivity contribution < 1.29 is 23.0 Å². The fraction of sp³-hybridized carbons (Fsp3) is 0.250. The quantitative estimate of drug-likeness (QED) is 0.850. The number of ether oxygens (including phenoxy) is 1. The zero-order chi connectivity index (χ0) is 10.9. The molecule has 0 saturated heterocycles. The Labute approximate surface area is 86.4 Å². The molecular formula is C8H6BrF3O2. The van der Waals surface area contributed by atoms with Crippen molar-refractivity contribution in [2.75, 3.05) is 7.11 Å². The van der Waals surface area contributed by atoms with Gasteiger partial charge in [0.1, 0.15) is 17.1 Å². The smallest absolute Gasteiger partial charge is 0.420 e. The maximum atomic E-state index is 12.4. The van der Waals surface area contributed by atoms with Gasteiger partial charge in [-0.25, -0.2) is 0 Å². The van der Waals surface area contributed by atoms with E-state index in [0.29, 0.717) is 6.07 Å². The molecule has 6 heteroatoms. The fourth-order valence-corrected chi connectivity index (χ4v) is 1.61. The van der Waals surface area contributed by atoms with Gasteiger partial charge in [-0.3, -0.25) is 0 Å². The Bertz CT molecular complexity index is 349.